The SMILES string of the molecule is C[C@@H]1O[C@@H](O[C@H]2[C@H](O[C@H]3CC[C@]4(C)[C@H]5CC[C@]6(C)[C@H]7[C@H](C)[C@]8(C)CC[C@@]7(CC[C@@]6(C)[C@@H]5CC[C@H]4C3(C)C)C(=O)O8)O[C@H](C(=O)O)[C@@H](O)[C@@H]2O[C@@H]2O[C@@H](C)[C@H](O)[C@@H](O)[C@H]2O)[C@H](O)[C@H](O)[C@H]1O. The van der Waals surface area contributed by atoms with Gasteiger partial charge in [0.05, 0.1) is 23.7 Å². The van der Waals surface area contributed by atoms with Gasteiger partial charge >= 0.3 is 11.9 Å². The molecule has 17 nitrogen and oxygen atoms in total. The van der Waals surface area contributed by atoms with Crippen molar-refractivity contribution in [1.82, 2.24) is 0 Å². The Morgan fingerprint density at radius 3 is 1.75 bits per heavy atom. The Balaban J connectivity index is 1.000. The van der Waals surface area contributed by atoms with Gasteiger partial charge in [0.15, 0.2) is 25.0 Å². The molecule has 8 N–H and O–H groups in total. The minimum Gasteiger partial charge on any atom is -0.479 e. The van der Waals surface area contributed by atoms with Crippen molar-refractivity contribution in [3.8, 4) is 0 Å². The number of aliphatic hydroxyl groups excluding tert-OH is 7. The molecule has 0 radical (unpaired) electrons. The number of carboxylic acid groups (broad SMARTS) is 1. The Bertz CT molecular complexity index is 1830. The van der Waals surface area contributed by atoms with E-state index in [0.717, 1.165) is 57.8 Å². The van der Waals surface area contributed by atoms with Gasteiger partial charge in [0.2, 0.25) is 0 Å². The number of aliphatic hydroxyl groups is 7. The van der Waals surface area contributed by atoms with Crippen molar-refractivity contribution in [3.63, 3.8) is 0 Å². The minimum atomic E-state index is -1.99. The molecule has 10 fully saturated rings. The van der Waals surface area contributed by atoms with E-state index in [1.54, 1.807) is 0 Å². The molecule has 5 aliphatic heterocycles. The molecule has 0 aromatic rings. The summed E-state index contributed by atoms with van der Waals surface area (Å²) in [5, 5.41) is 86.4. The largest absolute Gasteiger partial charge is 0.479 e. The smallest absolute Gasteiger partial charge is 0.335 e. The molecule has 1 spiro atoms. The summed E-state index contributed by atoms with van der Waals surface area (Å²) in [7, 11) is 0. The van der Waals surface area contributed by atoms with Crippen LogP contribution in [0.4, 0.5) is 0 Å². The Morgan fingerprint density at radius 1 is 0.585 bits per heavy atom. The first kappa shape index (κ1) is 48.4. The van der Waals surface area contributed by atoms with Crippen molar-refractivity contribution in [1.29, 1.82) is 0 Å². The molecule has 5 heterocycles. The molecule has 17 heteroatoms. The molecule has 0 unspecified atom stereocenters. The first-order valence-corrected chi connectivity index (χ1v) is 24.4. The second-order valence-corrected chi connectivity index (χ2v) is 23.6. The zero-order valence-corrected chi connectivity index (χ0v) is 39.4. The first-order valence-electron chi connectivity index (χ1n) is 24.4. The van der Waals surface area contributed by atoms with E-state index in [0.29, 0.717) is 18.3 Å². The van der Waals surface area contributed by atoms with Gasteiger partial charge in [0.1, 0.15) is 60.5 Å². The average molecular weight is 925 g/mol. The Labute approximate surface area is 381 Å². The van der Waals surface area contributed by atoms with Crippen LogP contribution >= 0.6 is 0 Å². The predicted octanol–water partition coefficient (Wildman–Crippen LogP) is 2.38. The third kappa shape index (κ3) is 6.92. The second-order valence-electron chi connectivity index (χ2n) is 23.6. The summed E-state index contributed by atoms with van der Waals surface area (Å²) in [5.41, 5.74) is -1.44. The molecule has 10 aliphatic rings. The van der Waals surface area contributed by atoms with E-state index >= 15 is 0 Å². The minimum absolute atomic E-state index is 0.0219. The highest BCUT2D eigenvalue weighted by atomic mass is 16.8. The zero-order chi connectivity index (χ0) is 47.3. The first-order chi connectivity index (χ1) is 30.3. The van der Waals surface area contributed by atoms with Crippen LogP contribution in [0.1, 0.15) is 127 Å². The van der Waals surface area contributed by atoms with Crippen LogP contribution in [0, 0.1) is 56.7 Å². The maximum absolute atomic E-state index is 13.9. The van der Waals surface area contributed by atoms with Crippen molar-refractivity contribution in [2.75, 3.05) is 0 Å². The monoisotopic (exact) mass is 925 g/mol. The summed E-state index contributed by atoms with van der Waals surface area (Å²) < 4.78 is 43.2. The van der Waals surface area contributed by atoms with E-state index in [1.165, 1.54) is 13.8 Å². The highest BCUT2D eigenvalue weighted by Crippen LogP contribution is 2.78. The van der Waals surface area contributed by atoms with E-state index in [-0.39, 0.29) is 40.0 Å². The molecular weight excluding hydrogens is 849 g/mol. The van der Waals surface area contributed by atoms with Crippen LogP contribution in [-0.4, -0.2) is 157 Å². The van der Waals surface area contributed by atoms with Gasteiger partial charge in [-0.3, -0.25) is 4.79 Å². The topological polar surface area (TPSA) is 261 Å². The van der Waals surface area contributed by atoms with E-state index in [9.17, 15) is 50.4 Å². The van der Waals surface area contributed by atoms with E-state index < -0.39 is 121 Å². The van der Waals surface area contributed by atoms with Crippen LogP contribution in [0.5, 0.6) is 0 Å². The van der Waals surface area contributed by atoms with Crippen molar-refractivity contribution in [3.05, 3.63) is 0 Å². The summed E-state index contributed by atoms with van der Waals surface area (Å²) >= 11 is 0. The van der Waals surface area contributed by atoms with Crippen LogP contribution in [-0.2, 0) is 42.7 Å². The van der Waals surface area contributed by atoms with Gasteiger partial charge in [-0.2, -0.15) is 0 Å². The fraction of sp³-hybridized carbons (Fsp3) is 0.958. The van der Waals surface area contributed by atoms with Gasteiger partial charge in [-0.1, -0.05) is 41.5 Å². The maximum Gasteiger partial charge on any atom is 0.335 e. The van der Waals surface area contributed by atoms with Crippen LogP contribution in [0.25, 0.3) is 0 Å². The Kier molecular flexibility index (Phi) is 12.1. The number of carbonyl (C=O) groups excluding carboxylic acids is 1. The number of hydrogen-bond donors (Lipinski definition) is 8. The molecular formula is C48H76O17. The van der Waals surface area contributed by atoms with Crippen LogP contribution in [0.15, 0.2) is 0 Å². The van der Waals surface area contributed by atoms with Gasteiger partial charge < -0.3 is 74.0 Å². The molecule has 2 bridgehead atoms. The maximum atomic E-state index is 13.9. The molecule has 0 aromatic heterocycles. The normalized spacial score (nSPS) is 58.4. The van der Waals surface area contributed by atoms with Crippen molar-refractivity contribution < 1.29 is 83.6 Å². The molecule has 0 amide bonds. The highest BCUT2D eigenvalue weighted by molar-refractivity contribution is 5.80. The summed E-state index contributed by atoms with van der Waals surface area (Å²) in [6, 6.07) is 0. The number of ether oxygens (including phenoxy) is 7. The van der Waals surface area contributed by atoms with Gasteiger partial charge in [0.25, 0.3) is 0 Å². The molecule has 5 aliphatic carbocycles. The lowest BCUT2D eigenvalue weighted by Gasteiger charge is -2.75. The van der Waals surface area contributed by atoms with Crippen LogP contribution in [0.3, 0.4) is 0 Å². The lowest BCUT2D eigenvalue weighted by atomic mass is 9.30. The lowest BCUT2D eigenvalue weighted by Crippen LogP contribution is -2.73. The molecule has 5 saturated heterocycles. The molecule has 370 valence electrons. The van der Waals surface area contributed by atoms with Crippen molar-refractivity contribution in [2.45, 2.75) is 230 Å². The third-order valence-electron chi connectivity index (χ3n) is 20.6. The Hall–Kier alpha value is -1.58. The molecule has 26 atom stereocenters. The summed E-state index contributed by atoms with van der Waals surface area (Å²) in [6.45, 7) is 19.2. The fourth-order valence-corrected chi connectivity index (χ4v) is 16.5. The highest BCUT2D eigenvalue weighted by Gasteiger charge is 2.76. The third-order valence-corrected chi connectivity index (χ3v) is 20.6. The van der Waals surface area contributed by atoms with Crippen molar-refractivity contribution >= 4 is 11.9 Å². The lowest BCUT2D eigenvalue weighted by molar-refractivity contribution is -0.394. The standard InChI is InChI=1S/C48H76O17/c1-20-37-46(8)15-12-23-24(45(46,7)16-18-48(37)19-17-47(20,9)65-42(48)58)10-11-25-43(4,5)26(13-14-44(23,25)6)61-41-36(64-40-32(54)30(52)28(50)22(3)60-40)34(33(55)35(63-41)38(56)57)62-39-31(53)29(51)27(49)21(2)59-39/h20-37,39-41,49-55H,10-19H2,1-9H3,(H,56,57)/t20-,21-,22-,23-,24+,25-,26-,27-,28-,29+,30+,31+,32+,33-,34-,35-,36+,37+,39-,40-,41+,44+,45-,46+,47-,48+/m0/s1. The second kappa shape index (κ2) is 16.2. The van der Waals surface area contributed by atoms with E-state index in [4.69, 9.17) is 33.2 Å². The molecule has 65 heavy (non-hydrogen) atoms. The Morgan fingerprint density at radius 2 is 1.17 bits per heavy atom. The summed E-state index contributed by atoms with van der Waals surface area (Å²) in [5.74, 6) is 0.0590. The summed E-state index contributed by atoms with van der Waals surface area (Å²) in [4.78, 5) is 26.7. The van der Waals surface area contributed by atoms with Crippen LogP contribution in [0.2, 0.25) is 0 Å². The van der Waals surface area contributed by atoms with E-state index in [2.05, 4.69) is 48.5 Å². The average Bonchev–Trinajstić information content (AvgIpc) is 3.24. The van der Waals surface area contributed by atoms with Crippen molar-refractivity contribution in [2.24, 2.45) is 56.7 Å². The molecule has 0 aromatic carbocycles. The summed E-state index contributed by atoms with van der Waals surface area (Å²) in [6.07, 6.45) is -15.8. The molecule has 10 rings (SSSR count). The van der Waals surface area contributed by atoms with Gasteiger partial charge in [0, 0.05) is 5.92 Å². The molecule has 5 saturated carbocycles. The predicted molar refractivity (Wildman–Crippen MR) is 226 cm³/mol. The van der Waals surface area contributed by atoms with Gasteiger partial charge in [-0.25, -0.2) is 4.79 Å². The van der Waals surface area contributed by atoms with Gasteiger partial charge in [-0.15, -0.1) is 0 Å². The van der Waals surface area contributed by atoms with Gasteiger partial charge in [-0.05, 0) is 130 Å². The van der Waals surface area contributed by atoms with Crippen LogP contribution < -0.4 is 0 Å². The number of esters is 1. The number of aliphatic carboxylic acids is 1. The number of rotatable bonds is 7. The number of hydrogen-bond acceptors (Lipinski definition) is 16. The fourth-order valence-electron chi connectivity index (χ4n) is 16.5. The zero-order valence-electron chi connectivity index (χ0n) is 39.4. The van der Waals surface area contributed by atoms with E-state index in [1.807, 2.05) is 0 Å². The number of carbonyl (C=O) groups is 2. The number of fused-ring (bicyclic) bond motifs is 7. The number of carboxylic acids is 1. The quantitative estimate of drug-likeness (QED) is 0.135.